The molecular weight excluding hydrogens is 549 g/mol. The minimum Gasteiger partial charge on any atom is -0.354 e. The first-order chi connectivity index (χ1) is 18.7. The van der Waals surface area contributed by atoms with E-state index < -0.39 is 43.8 Å². The molecule has 0 saturated carbocycles. The first-order valence-corrected chi connectivity index (χ1v) is 14.4. The number of pyridine rings is 1. The zero-order valence-electron chi connectivity index (χ0n) is 22.8. The molecule has 2 saturated heterocycles. The highest BCUT2D eigenvalue weighted by Crippen LogP contribution is 2.39. The summed E-state index contributed by atoms with van der Waals surface area (Å²) in [5, 5.41) is 2.81. The number of rotatable bonds is 8. The molecule has 0 radical (unpaired) electrons. The van der Waals surface area contributed by atoms with Crippen molar-refractivity contribution in [1.29, 1.82) is 0 Å². The first kappa shape index (κ1) is 29.7. The number of carbonyl (C=O) groups excluding carboxylic acids is 2. The highest BCUT2D eigenvalue weighted by molar-refractivity contribution is 7.92. The van der Waals surface area contributed by atoms with Crippen molar-refractivity contribution in [2.75, 3.05) is 56.1 Å². The SMILES string of the molecule is CCN(CC)C(c1ccnc(N2CCN(C)CC2)c1)C1(C)NC(=O)N(c2ccc(S(=O)(=O)C(F)(F)F)cc2)C1=O. The minimum absolute atomic E-state index is 0.0431. The fourth-order valence-corrected chi connectivity index (χ4v) is 6.06. The number of nitrogens with zero attached hydrogens (tertiary/aromatic N) is 5. The normalized spacial score (nSPS) is 21.7. The summed E-state index contributed by atoms with van der Waals surface area (Å²) in [6, 6.07) is 5.90. The fraction of sp³-hybridized carbons (Fsp3) is 0.500. The van der Waals surface area contributed by atoms with E-state index in [9.17, 15) is 31.2 Å². The molecule has 2 fully saturated rings. The van der Waals surface area contributed by atoms with E-state index >= 15 is 0 Å². The third-order valence-corrected chi connectivity index (χ3v) is 9.07. The first-order valence-electron chi connectivity index (χ1n) is 13.0. The van der Waals surface area contributed by atoms with Gasteiger partial charge in [-0.15, -0.1) is 0 Å². The number of likely N-dealkylation sites (N-methyl/N-ethyl adjacent to an activating group) is 2. The van der Waals surface area contributed by atoms with Gasteiger partial charge in [0.15, 0.2) is 0 Å². The number of halogens is 3. The number of aromatic nitrogens is 1. The second-order valence-corrected chi connectivity index (χ2v) is 12.0. The predicted molar refractivity (Wildman–Crippen MR) is 144 cm³/mol. The van der Waals surface area contributed by atoms with Gasteiger partial charge in [-0.05, 0) is 69.0 Å². The summed E-state index contributed by atoms with van der Waals surface area (Å²) in [5.41, 5.74) is -6.19. The van der Waals surface area contributed by atoms with Crippen LogP contribution in [-0.4, -0.2) is 92.5 Å². The number of hydrogen-bond acceptors (Lipinski definition) is 8. The Morgan fingerprint density at radius 3 is 2.20 bits per heavy atom. The standard InChI is InChI=1S/C26H33F3N6O4S/c1-5-33(6-2)22(18-11-12-30-21(17-18)34-15-13-32(4)14-16-34)25(3)23(36)35(24(37)31-25)19-7-9-20(10-8-19)40(38,39)26(27,28)29/h7-12,17,22H,5-6,13-16H2,1-4H3,(H,31,37). The zero-order valence-corrected chi connectivity index (χ0v) is 23.6. The highest BCUT2D eigenvalue weighted by atomic mass is 32.2. The van der Waals surface area contributed by atoms with Crippen LogP contribution in [0.1, 0.15) is 32.4 Å². The lowest BCUT2D eigenvalue weighted by Gasteiger charge is -2.40. The van der Waals surface area contributed by atoms with Crippen LogP contribution in [0, 0.1) is 0 Å². The molecule has 3 amide bonds. The highest BCUT2D eigenvalue weighted by Gasteiger charge is 2.55. The van der Waals surface area contributed by atoms with Gasteiger partial charge < -0.3 is 15.1 Å². The molecule has 0 spiro atoms. The van der Waals surface area contributed by atoms with E-state index in [1.165, 1.54) is 0 Å². The summed E-state index contributed by atoms with van der Waals surface area (Å²) in [6.45, 7) is 10.0. The quantitative estimate of drug-likeness (QED) is 0.474. The summed E-state index contributed by atoms with van der Waals surface area (Å²) >= 11 is 0. The van der Waals surface area contributed by atoms with E-state index in [-0.39, 0.29) is 5.69 Å². The Morgan fingerprint density at radius 1 is 1.05 bits per heavy atom. The van der Waals surface area contributed by atoms with E-state index in [4.69, 9.17) is 0 Å². The smallest absolute Gasteiger partial charge is 0.354 e. The van der Waals surface area contributed by atoms with Gasteiger partial charge in [-0.3, -0.25) is 9.69 Å². The van der Waals surface area contributed by atoms with Crippen molar-refractivity contribution in [2.45, 2.75) is 42.8 Å². The average Bonchev–Trinajstić information content (AvgIpc) is 3.14. The number of alkyl halides is 3. The number of hydrogen-bond donors (Lipinski definition) is 1. The topological polar surface area (TPSA) is 106 Å². The molecule has 1 N–H and O–H groups in total. The average molecular weight is 583 g/mol. The predicted octanol–water partition coefficient (Wildman–Crippen LogP) is 3.02. The van der Waals surface area contributed by atoms with Crippen molar-refractivity contribution in [1.82, 2.24) is 20.1 Å². The Balaban J connectivity index is 1.70. The van der Waals surface area contributed by atoms with Crippen LogP contribution in [0.5, 0.6) is 0 Å². The zero-order chi connectivity index (χ0) is 29.5. The molecule has 4 rings (SSSR count). The monoisotopic (exact) mass is 582 g/mol. The van der Waals surface area contributed by atoms with Gasteiger partial charge in [0.25, 0.3) is 15.7 Å². The Bertz CT molecular complexity index is 1360. The summed E-state index contributed by atoms with van der Waals surface area (Å²) in [6.07, 6.45) is 1.68. The Hall–Kier alpha value is -3.23. The molecule has 1 aromatic carbocycles. The van der Waals surface area contributed by atoms with E-state index in [1.54, 1.807) is 13.1 Å². The lowest BCUT2D eigenvalue weighted by Crippen LogP contribution is -2.55. The second-order valence-electron chi connectivity index (χ2n) is 10.1. The fourth-order valence-electron chi connectivity index (χ4n) is 5.29. The molecule has 2 aliphatic rings. The number of piperazine rings is 1. The largest absolute Gasteiger partial charge is 0.501 e. The van der Waals surface area contributed by atoms with E-state index in [2.05, 4.69) is 27.1 Å². The summed E-state index contributed by atoms with van der Waals surface area (Å²) in [4.78, 5) is 38.0. The van der Waals surface area contributed by atoms with Gasteiger partial charge in [-0.1, -0.05) is 13.8 Å². The summed E-state index contributed by atoms with van der Waals surface area (Å²) in [5.74, 6) is 0.153. The molecule has 3 heterocycles. The van der Waals surface area contributed by atoms with E-state index in [1.807, 2.05) is 30.9 Å². The van der Waals surface area contributed by atoms with Crippen LogP contribution in [0.4, 0.5) is 29.5 Å². The maximum Gasteiger partial charge on any atom is 0.501 e. The van der Waals surface area contributed by atoms with Crippen molar-refractivity contribution in [3.8, 4) is 0 Å². The number of nitrogens with one attached hydrogen (secondary N) is 1. The molecular formula is C26H33F3N6O4S. The number of imide groups is 1. The van der Waals surface area contributed by atoms with Gasteiger partial charge in [0, 0.05) is 32.4 Å². The number of benzene rings is 1. The number of urea groups is 1. The van der Waals surface area contributed by atoms with Gasteiger partial charge in [0.05, 0.1) is 16.6 Å². The lowest BCUT2D eigenvalue weighted by atomic mass is 9.85. The molecule has 1 aromatic heterocycles. The Labute approximate surface area is 231 Å². The van der Waals surface area contributed by atoms with Crippen molar-refractivity contribution in [3.63, 3.8) is 0 Å². The lowest BCUT2D eigenvalue weighted by molar-refractivity contribution is -0.124. The van der Waals surface area contributed by atoms with Crippen LogP contribution in [0.2, 0.25) is 0 Å². The van der Waals surface area contributed by atoms with Crippen LogP contribution < -0.4 is 15.1 Å². The molecule has 14 heteroatoms. The van der Waals surface area contributed by atoms with Crippen molar-refractivity contribution >= 4 is 33.3 Å². The summed E-state index contributed by atoms with van der Waals surface area (Å²) < 4.78 is 62.4. The molecule has 2 aliphatic heterocycles. The third-order valence-electron chi connectivity index (χ3n) is 7.56. The van der Waals surface area contributed by atoms with Crippen LogP contribution in [0.25, 0.3) is 0 Å². The molecule has 0 bridgehead atoms. The molecule has 2 unspecified atom stereocenters. The molecule has 0 aliphatic carbocycles. The molecule has 10 nitrogen and oxygen atoms in total. The minimum atomic E-state index is -5.57. The van der Waals surface area contributed by atoms with Gasteiger partial charge in [0.1, 0.15) is 11.4 Å². The molecule has 2 atom stereocenters. The number of amides is 3. The summed E-state index contributed by atoms with van der Waals surface area (Å²) in [7, 11) is -3.52. The van der Waals surface area contributed by atoms with E-state index in [0.717, 1.165) is 66.7 Å². The maximum atomic E-state index is 13.9. The van der Waals surface area contributed by atoms with Crippen molar-refractivity contribution in [3.05, 3.63) is 48.2 Å². The van der Waals surface area contributed by atoms with Gasteiger partial charge in [0.2, 0.25) is 0 Å². The van der Waals surface area contributed by atoms with Gasteiger partial charge in [-0.25, -0.2) is 23.1 Å². The number of carbonyl (C=O) groups is 2. The van der Waals surface area contributed by atoms with E-state index in [0.29, 0.717) is 13.1 Å². The number of sulfone groups is 1. The Kier molecular flexibility index (Phi) is 8.16. The van der Waals surface area contributed by atoms with Crippen LogP contribution in [0.3, 0.4) is 0 Å². The third kappa shape index (κ3) is 5.27. The maximum absolute atomic E-state index is 13.9. The van der Waals surface area contributed by atoms with Crippen molar-refractivity contribution < 1.29 is 31.2 Å². The van der Waals surface area contributed by atoms with Crippen LogP contribution in [0.15, 0.2) is 47.5 Å². The van der Waals surface area contributed by atoms with Crippen LogP contribution in [-0.2, 0) is 14.6 Å². The van der Waals surface area contributed by atoms with Gasteiger partial charge in [-0.2, -0.15) is 13.2 Å². The second kappa shape index (κ2) is 11.0. The molecule has 40 heavy (non-hydrogen) atoms. The number of anilines is 2. The molecule has 218 valence electrons. The molecule has 2 aromatic rings. The van der Waals surface area contributed by atoms with Crippen molar-refractivity contribution in [2.24, 2.45) is 0 Å². The van der Waals surface area contributed by atoms with Crippen LogP contribution >= 0.6 is 0 Å². The van der Waals surface area contributed by atoms with Gasteiger partial charge >= 0.3 is 11.5 Å². The Morgan fingerprint density at radius 2 is 1.65 bits per heavy atom.